The van der Waals surface area contributed by atoms with Gasteiger partial charge in [-0.2, -0.15) is 0 Å². The maximum Gasteiger partial charge on any atom is 0.223 e. The van der Waals surface area contributed by atoms with E-state index >= 15 is 0 Å². The first kappa shape index (κ1) is 11.9. The molecule has 3 heteroatoms. The first-order valence-electron chi connectivity index (χ1n) is 7.25. The highest BCUT2D eigenvalue weighted by molar-refractivity contribution is 5.32. The summed E-state index contributed by atoms with van der Waals surface area (Å²) in [5.41, 5.74) is 2.22. The van der Waals surface area contributed by atoms with Crippen molar-refractivity contribution in [1.82, 2.24) is 9.97 Å². The smallest absolute Gasteiger partial charge is 0.223 e. The maximum absolute atomic E-state index is 4.67. The predicted octanol–water partition coefficient (Wildman–Crippen LogP) is 3.51. The van der Waals surface area contributed by atoms with E-state index in [2.05, 4.69) is 42.1 Å². The number of hydrogen-bond acceptors (Lipinski definition) is 3. The Morgan fingerprint density at radius 1 is 1.11 bits per heavy atom. The summed E-state index contributed by atoms with van der Waals surface area (Å²) in [6.07, 6.45) is 5.54. The van der Waals surface area contributed by atoms with E-state index in [1.807, 2.05) is 0 Å². The molecule has 0 spiro atoms. The van der Waals surface area contributed by atoms with Gasteiger partial charge in [0.15, 0.2) is 0 Å². The second-order valence-corrected chi connectivity index (χ2v) is 6.26. The van der Waals surface area contributed by atoms with Crippen LogP contribution in [0.5, 0.6) is 0 Å². The van der Waals surface area contributed by atoms with Gasteiger partial charge in [-0.15, -0.1) is 0 Å². The minimum Gasteiger partial charge on any atom is -0.351 e. The summed E-state index contributed by atoms with van der Waals surface area (Å²) in [6.45, 7) is 6.43. The van der Waals surface area contributed by atoms with Crippen molar-refractivity contribution in [2.75, 3.05) is 5.32 Å². The fourth-order valence-electron chi connectivity index (χ4n) is 2.63. The maximum atomic E-state index is 4.67. The van der Waals surface area contributed by atoms with Crippen LogP contribution in [-0.4, -0.2) is 16.0 Å². The average molecular weight is 245 g/mol. The van der Waals surface area contributed by atoms with Crippen LogP contribution in [0.1, 0.15) is 56.8 Å². The fourth-order valence-corrected chi connectivity index (χ4v) is 2.63. The SMILES string of the molecule is Cc1cc(C(C)C)nc(NC(C2CC2)C2CC2)n1. The van der Waals surface area contributed by atoms with Crippen molar-refractivity contribution in [3.8, 4) is 0 Å². The number of aryl methyl sites for hydroxylation is 1. The monoisotopic (exact) mass is 245 g/mol. The lowest BCUT2D eigenvalue weighted by molar-refractivity contribution is 0.562. The van der Waals surface area contributed by atoms with E-state index in [1.165, 1.54) is 25.7 Å². The van der Waals surface area contributed by atoms with Crippen LogP contribution in [0.25, 0.3) is 0 Å². The number of aromatic nitrogens is 2. The van der Waals surface area contributed by atoms with Crippen molar-refractivity contribution in [3.63, 3.8) is 0 Å². The molecule has 0 aliphatic heterocycles. The molecule has 3 nitrogen and oxygen atoms in total. The normalized spacial score (nSPS) is 19.6. The molecular formula is C15H23N3. The topological polar surface area (TPSA) is 37.8 Å². The molecule has 98 valence electrons. The van der Waals surface area contributed by atoms with Gasteiger partial charge in [-0.05, 0) is 56.4 Å². The predicted molar refractivity (Wildman–Crippen MR) is 73.7 cm³/mol. The van der Waals surface area contributed by atoms with Gasteiger partial charge in [-0.25, -0.2) is 9.97 Å². The molecular weight excluding hydrogens is 222 g/mol. The third kappa shape index (κ3) is 2.65. The molecule has 0 atom stereocenters. The van der Waals surface area contributed by atoms with Gasteiger partial charge in [-0.1, -0.05) is 13.8 Å². The second kappa shape index (κ2) is 4.52. The molecule has 2 aliphatic carbocycles. The molecule has 2 fully saturated rings. The van der Waals surface area contributed by atoms with Crippen LogP contribution in [-0.2, 0) is 0 Å². The third-order valence-electron chi connectivity index (χ3n) is 4.02. The molecule has 1 aromatic heterocycles. The Bertz CT molecular complexity index is 421. The summed E-state index contributed by atoms with van der Waals surface area (Å²) in [7, 11) is 0. The van der Waals surface area contributed by atoms with Crippen LogP contribution < -0.4 is 5.32 Å². The molecule has 0 amide bonds. The molecule has 0 aromatic carbocycles. The summed E-state index contributed by atoms with van der Waals surface area (Å²) in [5, 5.41) is 3.62. The number of rotatable bonds is 5. The zero-order valence-electron chi connectivity index (χ0n) is 11.6. The van der Waals surface area contributed by atoms with Gasteiger partial charge in [0, 0.05) is 17.4 Å². The first-order chi connectivity index (χ1) is 8.63. The summed E-state index contributed by atoms with van der Waals surface area (Å²) < 4.78 is 0. The lowest BCUT2D eigenvalue weighted by atomic mass is 10.1. The third-order valence-corrected chi connectivity index (χ3v) is 4.02. The lowest BCUT2D eigenvalue weighted by Crippen LogP contribution is -2.25. The van der Waals surface area contributed by atoms with E-state index < -0.39 is 0 Å². The molecule has 0 bridgehead atoms. The van der Waals surface area contributed by atoms with Crippen LogP contribution in [0.2, 0.25) is 0 Å². The van der Waals surface area contributed by atoms with Gasteiger partial charge >= 0.3 is 0 Å². The van der Waals surface area contributed by atoms with Crippen LogP contribution in [0, 0.1) is 18.8 Å². The van der Waals surface area contributed by atoms with Crippen molar-refractivity contribution in [2.24, 2.45) is 11.8 Å². The molecule has 0 unspecified atom stereocenters. The molecule has 1 heterocycles. The number of nitrogens with zero attached hydrogens (tertiary/aromatic N) is 2. The van der Waals surface area contributed by atoms with Crippen LogP contribution in [0.4, 0.5) is 5.95 Å². The van der Waals surface area contributed by atoms with Crippen molar-refractivity contribution in [3.05, 3.63) is 17.5 Å². The quantitative estimate of drug-likeness (QED) is 0.862. The molecule has 2 saturated carbocycles. The molecule has 1 N–H and O–H groups in total. The summed E-state index contributed by atoms with van der Waals surface area (Å²) in [5.74, 6) is 3.07. The lowest BCUT2D eigenvalue weighted by Gasteiger charge is -2.18. The van der Waals surface area contributed by atoms with Gasteiger partial charge in [0.2, 0.25) is 5.95 Å². The second-order valence-electron chi connectivity index (χ2n) is 6.26. The Kier molecular flexibility index (Phi) is 3.00. The molecule has 18 heavy (non-hydrogen) atoms. The van der Waals surface area contributed by atoms with E-state index in [9.17, 15) is 0 Å². The molecule has 3 rings (SSSR count). The van der Waals surface area contributed by atoms with Gasteiger partial charge < -0.3 is 5.32 Å². The van der Waals surface area contributed by atoms with Crippen molar-refractivity contribution >= 4 is 5.95 Å². The Balaban J connectivity index is 1.78. The van der Waals surface area contributed by atoms with Gasteiger partial charge in [-0.3, -0.25) is 0 Å². The van der Waals surface area contributed by atoms with Crippen LogP contribution >= 0.6 is 0 Å². The largest absolute Gasteiger partial charge is 0.351 e. The number of hydrogen-bond donors (Lipinski definition) is 1. The molecule has 2 aliphatic rings. The zero-order valence-corrected chi connectivity index (χ0v) is 11.6. The Hall–Kier alpha value is -1.12. The van der Waals surface area contributed by atoms with Crippen molar-refractivity contribution < 1.29 is 0 Å². The zero-order chi connectivity index (χ0) is 12.7. The summed E-state index contributed by atoms with van der Waals surface area (Å²) >= 11 is 0. The minimum absolute atomic E-state index is 0.465. The van der Waals surface area contributed by atoms with Crippen molar-refractivity contribution in [2.45, 2.75) is 58.4 Å². The van der Waals surface area contributed by atoms with E-state index in [1.54, 1.807) is 0 Å². The van der Waals surface area contributed by atoms with E-state index in [-0.39, 0.29) is 0 Å². The van der Waals surface area contributed by atoms with E-state index in [4.69, 9.17) is 0 Å². The molecule has 0 saturated heterocycles. The number of nitrogens with one attached hydrogen (secondary N) is 1. The van der Waals surface area contributed by atoms with Crippen LogP contribution in [0.15, 0.2) is 6.07 Å². The van der Waals surface area contributed by atoms with Gasteiger partial charge in [0.05, 0.1) is 0 Å². The highest BCUT2D eigenvalue weighted by Crippen LogP contribution is 2.45. The molecule has 1 aromatic rings. The van der Waals surface area contributed by atoms with E-state index in [0.717, 1.165) is 29.2 Å². The highest BCUT2D eigenvalue weighted by atomic mass is 15.1. The first-order valence-corrected chi connectivity index (χ1v) is 7.25. The average Bonchev–Trinajstić information content (AvgIpc) is 3.16. The Labute approximate surface area is 109 Å². The fraction of sp³-hybridized carbons (Fsp3) is 0.733. The number of anilines is 1. The Morgan fingerprint density at radius 2 is 1.72 bits per heavy atom. The minimum atomic E-state index is 0.465. The van der Waals surface area contributed by atoms with Gasteiger partial charge in [0.25, 0.3) is 0 Å². The summed E-state index contributed by atoms with van der Waals surface area (Å²) in [6, 6.07) is 2.73. The van der Waals surface area contributed by atoms with Gasteiger partial charge in [0.1, 0.15) is 0 Å². The van der Waals surface area contributed by atoms with Crippen LogP contribution in [0.3, 0.4) is 0 Å². The highest BCUT2D eigenvalue weighted by Gasteiger charge is 2.41. The molecule has 0 radical (unpaired) electrons. The summed E-state index contributed by atoms with van der Waals surface area (Å²) in [4.78, 5) is 9.23. The standard InChI is InChI=1S/C15H23N3/c1-9(2)13-8-10(3)16-15(17-13)18-14(11-4-5-11)12-6-7-12/h8-9,11-12,14H,4-7H2,1-3H3,(H,16,17,18). The van der Waals surface area contributed by atoms with Crippen molar-refractivity contribution in [1.29, 1.82) is 0 Å². The van der Waals surface area contributed by atoms with E-state index in [0.29, 0.717) is 12.0 Å². The Morgan fingerprint density at radius 3 is 2.22 bits per heavy atom.